The lowest BCUT2D eigenvalue weighted by atomic mass is 10.1. The third-order valence-electron chi connectivity index (χ3n) is 2.92. The Bertz CT molecular complexity index is 248. The summed E-state index contributed by atoms with van der Waals surface area (Å²) < 4.78 is 0. The molecule has 1 fully saturated rings. The molecule has 1 rings (SSSR count). The first-order valence-corrected chi connectivity index (χ1v) is 6.26. The molecule has 1 heterocycles. The zero-order valence-corrected chi connectivity index (χ0v) is 11.1. The van der Waals surface area contributed by atoms with Crippen molar-refractivity contribution in [3.63, 3.8) is 0 Å². The Morgan fingerprint density at radius 2 is 2.29 bits per heavy atom. The fraction of sp³-hybridized carbons (Fsp3) is 0.917. The van der Waals surface area contributed by atoms with E-state index in [9.17, 15) is 9.90 Å². The molecule has 2 atom stereocenters. The molecule has 1 saturated heterocycles. The SMILES string of the molecule is CN(C)CC(C)(O)CNC(=O)CC1CCCN1. The number of aliphatic hydroxyl groups is 1. The molecule has 2 unspecified atom stereocenters. The van der Waals surface area contributed by atoms with E-state index in [0.29, 0.717) is 25.6 Å². The second kappa shape index (κ2) is 6.33. The number of carbonyl (C=O) groups excluding carboxylic acids is 1. The Hall–Kier alpha value is -0.650. The fourth-order valence-corrected chi connectivity index (χ4v) is 2.25. The van der Waals surface area contributed by atoms with Crippen LogP contribution in [0.15, 0.2) is 0 Å². The maximum absolute atomic E-state index is 11.7. The van der Waals surface area contributed by atoms with Crippen LogP contribution in [0.5, 0.6) is 0 Å². The number of carbonyl (C=O) groups is 1. The van der Waals surface area contributed by atoms with Crippen molar-refractivity contribution in [3.8, 4) is 0 Å². The summed E-state index contributed by atoms with van der Waals surface area (Å²) in [6.07, 6.45) is 2.73. The van der Waals surface area contributed by atoms with Gasteiger partial charge in [-0.05, 0) is 40.4 Å². The first-order valence-electron chi connectivity index (χ1n) is 6.26. The van der Waals surface area contributed by atoms with Gasteiger partial charge >= 0.3 is 0 Å². The van der Waals surface area contributed by atoms with Crippen LogP contribution in [0, 0.1) is 0 Å². The zero-order valence-electron chi connectivity index (χ0n) is 11.1. The quantitative estimate of drug-likeness (QED) is 0.592. The molecule has 0 aromatic rings. The molecule has 5 heteroatoms. The molecule has 1 amide bonds. The van der Waals surface area contributed by atoms with E-state index in [2.05, 4.69) is 10.6 Å². The third-order valence-corrected chi connectivity index (χ3v) is 2.92. The van der Waals surface area contributed by atoms with Crippen LogP contribution in [0.2, 0.25) is 0 Å². The van der Waals surface area contributed by atoms with Gasteiger partial charge in [0.05, 0.1) is 5.60 Å². The topological polar surface area (TPSA) is 64.6 Å². The van der Waals surface area contributed by atoms with Crippen LogP contribution >= 0.6 is 0 Å². The zero-order chi connectivity index (χ0) is 12.9. The molecule has 3 N–H and O–H groups in total. The number of amides is 1. The van der Waals surface area contributed by atoms with E-state index < -0.39 is 5.60 Å². The van der Waals surface area contributed by atoms with Crippen molar-refractivity contribution in [3.05, 3.63) is 0 Å². The molecule has 0 radical (unpaired) electrons. The Kier molecular flexibility index (Phi) is 5.36. The maximum Gasteiger partial charge on any atom is 0.221 e. The summed E-state index contributed by atoms with van der Waals surface area (Å²) in [5.74, 6) is 0.0171. The van der Waals surface area contributed by atoms with Gasteiger partial charge in [-0.25, -0.2) is 0 Å². The Labute approximate surface area is 104 Å². The summed E-state index contributed by atoms with van der Waals surface area (Å²) in [5, 5.41) is 16.1. The highest BCUT2D eigenvalue weighted by molar-refractivity contribution is 5.76. The summed E-state index contributed by atoms with van der Waals surface area (Å²) in [6.45, 7) is 3.59. The fourth-order valence-electron chi connectivity index (χ4n) is 2.25. The molecule has 5 nitrogen and oxygen atoms in total. The molecule has 0 aromatic heterocycles. The minimum absolute atomic E-state index is 0.0171. The minimum atomic E-state index is -0.873. The van der Waals surface area contributed by atoms with Gasteiger partial charge in [-0.15, -0.1) is 0 Å². The molecule has 0 saturated carbocycles. The molecule has 0 spiro atoms. The van der Waals surface area contributed by atoms with Gasteiger partial charge in [0.2, 0.25) is 5.91 Å². The van der Waals surface area contributed by atoms with Gasteiger partial charge < -0.3 is 20.6 Å². The summed E-state index contributed by atoms with van der Waals surface area (Å²) >= 11 is 0. The molecule has 17 heavy (non-hydrogen) atoms. The summed E-state index contributed by atoms with van der Waals surface area (Å²) in [7, 11) is 3.80. The standard InChI is InChI=1S/C12H25N3O2/c1-12(17,9-15(2)3)8-14-11(16)7-10-5-4-6-13-10/h10,13,17H,4-9H2,1-3H3,(H,14,16). The van der Waals surface area contributed by atoms with Gasteiger partial charge in [0.15, 0.2) is 0 Å². The largest absolute Gasteiger partial charge is 0.387 e. The lowest BCUT2D eigenvalue weighted by Gasteiger charge is -2.27. The predicted molar refractivity (Wildman–Crippen MR) is 67.8 cm³/mol. The number of rotatable bonds is 6. The van der Waals surface area contributed by atoms with Crippen molar-refractivity contribution < 1.29 is 9.90 Å². The molecule has 0 aliphatic carbocycles. The Balaban J connectivity index is 2.22. The van der Waals surface area contributed by atoms with Crippen LogP contribution in [0.3, 0.4) is 0 Å². The number of nitrogens with zero attached hydrogens (tertiary/aromatic N) is 1. The Morgan fingerprint density at radius 1 is 1.59 bits per heavy atom. The summed E-state index contributed by atoms with van der Waals surface area (Å²) in [5.41, 5.74) is -0.873. The average molecular weight is 243 g/mol. The lowest BCUT2D eigenvalue weighted by molar-refractivity contribution is -0.122. The van der Waals surface area contributed by atoms with E-state index in [-0.39, 0.29) is 5.91 Å². The van der Waals surface area contributed by atoms with E-state index in [4.69, 9.17) is 0 Å². The molecule has 100 valence electrons. The maximum atomic E-state index is 11.7. The van der Waals surface area contributed by atoms with Gasteiger partial charge in [0, 0.05) is 25.6 Å². The van der Waals surface area contributed by atoms with Gasteiger partial charge in [0.25, 0.3) is 0 Å². The third kappa shape index (κ3) is 6.00. The normalized spacial score (nSPS) is 23.7. The first kappa shape index (κ1) is 14.4. The van der Waals surface area contributed by atoms with Crippen molar-refractivity contribution in [2.24, 2.45) is 0 Å². The van der Waals surface area contributed by atoms with E-state index in [1.165, 1.54) is 0 Å². The van der Waals surface area contributed by atoms with Crippen molar-refractivity contribution in [1.82, 2.24) is 15.5 Å². The summed E-state index contributed by atoms with van der Waals surface area (Å²) in [4.78, 5) is 13.6. The van der Waals surface area contributed by atoms with Gasteiger partial charge in [-0.1, -0.05) is 0 Å². The summed E-state index contributed by atoms with van der Waals surface area (Å²) in [6, 6.07) is 0.314. The highest BCUT2D eigenvalue weighted by atomic mass is 16.3. The Morgan fingerprint density at radius 3 is 2.82 bits per heavy atom. The van der Waals surface area contributed by atoms with Crippen LogP contribution in [-0.2, 0) is 4.79 Å². The highest BCUT2D eigenvalue weighted by Gasteiger charge is 2.23. The predicted octanol–water partition coefficient (Wildman–Crippen LogP) is -0.443. The van der Waals surface area contributed by atoms with E-state index >= 15 is 0 Å². The smallest absolute Gasteiger partial charge is 0.221 e. The highest BCUT2D eigenvalue weighted by Crippen LogP contribution is 2.09. The molecule has 1 aliphatic heterocycles. The lowest BCUT2D eigenvalue weighted by Crippen LogP contribution is -2.47. The second-order valence-corrected chi connectivity index (χ2v) is 5.51. The van der Waals surface area contributed by atoms with Gasteiger partial charge in [-0.3, -0.25) is 4.79 Å². The van der Waals surface area contributed by atoms with E-state index in [1.807, 2.05) is 19.0 Å². The molecule has 0 aromatic carbocycles. The molecular formula is C12H25N3O2. The van der Waals surface area contributed by atoms with Crippen LogP contribution in [0.4, 0.5) is 0 Å². The number of likely N-dealkylation sites (N-methyl/N-ethyl adjacent to an activating group) is 1. The van der Waals surface area contributed by atoms with Crippen LogP contribution in [-0.4, -0.2) is 61.3 Å². The van der Waals surface area contributed by atoms with E-state index in [1.54, 1.807) is 6.92 Å². The van der Waals surface area contributed by atoms with Crippen LogP contribution < -0.4 is 10.6 Å². The first-order chi connectivity index (χ1) is 7.89. The monoisotopic (exact) mass is 243 g/mol. The van der Waals surface area contributed by atoms with Crippen molar-refractivity contribution in [2.75, 3.05) is 33.7 Å². The number of hydrogen-bond donors (Lipinski definition) is 3. The number of nitrogens with one attached hydrogen (secondary N) is 2. The average Bonchev–Trinajstić information content (AvgIpc) is 2.65. The van der Waals surface area contributed by atoms with Crippen molar-refractivity contribution in [1.29, 1.82) is 0 Å². The van der Waals surface area contributed by atoms with Crippen molar-refractivity contribution >= 4 is 5.91 Å². The van der Waals surface area contributed by atoms with Gasteiger partial charge in [0.1, 0.15) is 0 Å². The van der Waals surface area contributed by atoms with Crippen LogP contribution in [0.25, 0.3) is 0 Å². The second-order valence-electron chi connectivity index (χ2n) is 5.51. The number of hydrogen-bond acceptors (Lipinski definition) is 4. The van der Waals surface area contributed by atoms with Crippen molar-refractivity contribution in [2.45, 2.75) is 37.8 Å². The molecule has 0 bridgehead atoms. The van der Waals surface area contributed by atoms with Crippen LogP contribution in [0.1, 0.15) is 26.2 Å². The minimum Gasteiger partial charge on any atom is -0.387 e. The van der Waals surface area contributed by atoms with E-state index in [0.717, 1.165) is 19.4 Å². The molecular weight excluding hydrogens is 218 g/mol. The molecule has 1 aliphatic rings. The van der Waals surface area contributed by atoms with Gasteiger partial charge in [-0.2, -0.15) is 0 Å².